The van der Waals surface area contributed by atoms with Crippen molar-refractivity contribution in [3.8, 4) is 5.75 Å². The lowest BCUT2D eigenvalue weighted by Gasteiger charge is -2.26. The van der Waals surface area contributed by atoms with Crippen LogP contribution in [-0.2, 0) is 21.5 Å². The standard InChI is InChI=1S/C18H18F3N3O5S/c19-18(20,21)29-15-1-3-16(4-2-15)30(26,27)24-9-6-14(7-10-24)23-28-12-13-11-22-8-5-17(13)25/h1-5,8,11H,6-7,9-10,12H2,(H,22,25). The summed E-state index contributed by atoms with van der Waals surface area (Å²) in [6.45, 7) is 0.294. The van der Waals surface area contributed by atoms with Crippen molar-refractivity contribution in [3.63, 3.8) is 0 Å². The van der Waals surface area contributed by atoms with Crippen molar-refractivity contribution in [2.75, 3.05) is 13.1 Å². The Morgan fingerprint density at radius 3 is 2.37 bits per heavy atom. The quantitative estimate of drug-likeness (QED) is 0.689. The average Bonchev–Trinajstić information content (AvgIpc) is 2.69. The smallest absolute Gasteiger partial charge is 0.406 e. The molecule has 0 aliphatic carbocycles. The minimum atomic E-state index is -4.85. The van der Waals surface area contributed by atoms with Gasteiger partial charge in [-0.05, 0) is 24.3 Å². The Balaban J connectivity index is 1.57. The predicted molar refractivity (Wildman–Crippen MR) is 100 cm³/mol. The Morgan fingerprint density at radius 1 is 1.10 bits per heavy atom. The van der Waals surface area contributed by atoms with Gasteiger partial charge in [0.25, 0.3) is 0 Å². The number of aromatic amines is 1. The SMILES string of the molecule is O=c1cc[nH]cc1CON=C1CCN(S(=O)(=O)c2ccc(OC(F)(F)F)cc2)CC1. The molecule has 1 aliphatic heterocycles. The molecule has 1 fully saturated rings. The number of H-pyrrole nitrogens is 1. The molecule has 1 N–H and O–H groups in total. The van der Waals surface area contributed by atoms with Crippen LogP contribution in [0.5, 0.6) is 5.75 Å². The van der Waals surface area contributed by atoms with Crippen LogP contribution >= 0.6 is 0 Å². The lowest BCUT2D eigenvalue weighted by atomic mass is 10.1. The second-order valence-corrected chi connectivity index (χ2v) is 8.33. The highest BCUT2D eigenvalue weighted by atomic mass is 32.2. The fourth-order valence-corrected chi connectivity index (χ4v) is 4.24. The number of alkyl halides is 3. The van der Waals surface area contributed by atoms with E-state index in [1.807, 2.05) is 0 Å². The first-order valence-corrected chi connectivity index (χ1v) is 10.3. The maximum absolute atomic E-state index is 12.7. The van der Waals surface area contributed by atoms with Gasteiger partial charge in [0.05, 0.1) is 16.2 Å². The Hall–Kier alpha value is -2.86. The van der Waals surface area contributed by atoms with Crippen LogP contribution in [0.1, 0.15) is 18.4 Å². The van der Waals surface area contributed by atoms with Crippen molar-refractivity contribution >= 4 is 15.7 Å². The topological polar surface area (TPSA) is 101 Å². The van der Waals surface area contributed by atoms with Gasteiger partial charge in [-0.3, -0.25) is 4.79 Å². The summed E-state index contributed by atoms with van der Waals surface area (Å²) in [7, 11) is -3.86. The number of piperidine rings is 1. The lowest BCUT2D eigenvalue weighted by Crippen LogP contribution is -2.38. The summed E-state index contributed by atoms with van der Waals surface area (Å²) in [5.41, 5.74) is 0.893. The first-order chi connectivity index (χ1) is 14.1. The van der Waals surface area contributed by atoms with Crippen molar-refractivity contribution in [2.45, 2.75) is 30.7 Å². The highest BCUT2D eigenvalue weighted by molar-refractivity contribution is 7.89. The van der Waals surface area contributed by atoms with E-state index in [0.29, 0.717) is 24.1 Å². The predicted octanol–water partition coefficient (Wildman–Crippen LogP) is 2.63. The van der Waals surface area contributed by atoms with Gasteiger partial charge in [-0.2, -0.15) is 4.31 Å². The zero-order chi connectivity index (χ0) is 21.8. The Morgan fingerprint density at radius 2 is 1.77 bits per heavy atom. The normalized spacial score (nSPS) is 15.6. The number of nitrogens with one attached hydrogen (secondary N) is 1. The Labute approximate surface area is 170 Å². The number of halogens is 3. The zero-order valence-electron chi connectivity index (χ0n) is 15.6. The third-order valence-electron chi connectivity index (χ3n) is 4.31. The third kappa shape index (κ3) is 5.60. The highest BCUT2D eigenvalue weighted by Gasteiger charge is 2.32. The second kappa shape index (κ2) is 8.88. The Bertz CT molecular complexity index is 1060. The van der Waals surface area contributed by atoms with Crippen LogP contribution in [-0.4, -0.2) is 42.9 Å². The molecule has 0 bridgehead atoms. The first-order valence-electron chi connectivity index (χ1n) is 8.85. The number of ether oxygens (including phenoxy) is 1. The number of nitrogens with zero attached hydrogens (tertiary/aromatic N) is 2. The molecule has 1 aromatic heterocycles. The van der Waals surface area contributed by atoms with E-state index >= 15 is 0 Å². The van der Waals surface area contributed by atoms with E-state index in [0.717, 1.165) is 24.3 Å². The van der Waals surface area contributed by atoms with Crippen LogP contribution in [0.2, 0.25) is 0 Å². The fourth-order valence-electron chi connectivity index (χ4n) is 2.79. The van der Waals surface area contributed by atoms with Crippen LogP contribution in [0.4, 0.5) is 13.2 Å². The molecular weight excluding hydrogens is 427 g/mol. The van der Waals surface area contributed by atoms with Gasteiger partial charge in [0.2, 0.25) is 10.0 Å². The molecule has 0 spiro atoms. The summed E-state index contributed by atoms with van der Waals surface area (Å²) in [4.78, 5) is 19.4. The van der Waals surface area contributed by atoms with E-state index in [-0.39, 0.29) is 30.0 Å². The number of sulfonamides is 1. The second-order valence-electron chi connectivity index (χ2n) is 6.39. The molecule has 1 saturated heterocycles. The van der Waals surface area contributed by atoms with Gasteiger partial charge >= 0.3 is 6.36 Å². The maximum atomic E-state index is 12.7. The zero-order valence-corrected chi connectivity index (χ0v) is 16.4. The summed E-state index contributed by atoms with van der Waals surface area (Å²) in [5, 5.41) is 3.97. The molecule has 8 nitrogen and oxygen atoms in total. The number of rotatable bonds is 6. The Kier molecular flexibility index (Phi) is 6.46. The number of oxime groups is 1. The number of benzene rings is 1. The molecule has 12 heteroatoms. The molecule has 2 aromatic rings. The summed E-state index contributed by atoms with van der Waals surface area (Å²) in [6.07, 6.45) is -1.16. The van der Waals surface area contributed by atoms with Gasteiger partial charge < -0.3 is 14.6 Å². The number of hydrogen-bond donors (Lipinski definition) is 1. The maximum Gasteiger partial charge on any atom is 0.573 e. The van der Waals surface area contributed by atoms with Crippen molar-refractivity contribution in [3.05, 3.63) is 58.5 Å². The fraction of sp³-hybridized carbons (Fsp3) is 0.333. The first kappa shape index (κ1) is 21.8. The molecule has 0 unspecified atom stereocenters. The minimum absolute atomic E-state index is 0.00592. The summed E-state index contributed by atoms with van der Waals surface area (Å²) in [5.74, 6) is -0.496. The summed E-state index contributed by atoms with van der Waals surface area (Å²) >= 11 is 0. The van der Waals surface area contributed by atoms with Gasteiger partial charge in [-0.15, -0.1) is 13.2 Å². The van der Waals surface area contributed by atoms with E-state index < -0.39 is 22.1 Å². The van der Waals surface area contributed by atoms with Crippen LogP contribution in [0.3, 0.4) is 0 Å². The number of hydrogen-bond acceptors (Lipinski definition) is 6. The van der Waals surface area contributed by atoms with Gasteiger partial charge in [0, 0.05) is 44.4 Å². The summed E-state index contributed by atoms with van der Waals surface area (Å²) < 4.78 is 67.0. The third-order valence-corrected chi connectivity index (χ3v) is 6.23. The molecular formula is C18H18F3N3O5S. The molecule has 0 atom stereocenters. The van der Waals surface area contributed by atoms with E-state index in [2.05, 4.69) is 14.9 Å². The van der Waals surface area contributed by atoms with Gasteiger partial charge in [0.1, 0.15) is 12.4 Å². The molecule has 0 radical (unpaired) electrons. The van der Waals surface area contributed by atoms with Crippen LogP contribution < -0.4 is 10.2 Å². The molecule has 0 saturated carbocycles. The lowest BCUT2D eigenvalue weighted by molar-refractivity contribution is -0.274. The molecule has 1 aromatic carbocycles. The van der Waals surface area contributed by atoms with Gasteiger partial charge in [-0.25, -0.2) is 8.42 Å². The molecule has 1 aliphatic rings. The van der Waals surface area contributed by atoms with E-state index in [4.69, 9.17) is 4.84 Å². The molecule has 162 valence electrons. The van der Waals surface area contributed by atoms with Crippen molar-refractivity contribution in [1.82, 2.24) is 9.29 Å². The monoisotopic (exact) mass is 445 g/mol. The molecule has 3 rings (SSSR count). The van der Waals surface area contributed by atoms with E-state index in [1.165, 1.54) is 22.8 Å². The van der Waals surface area contributed by atoms with Crippen LogP contribution in [0, 0.1) is 0 Å². The molecule has 2 heterocycles. The molecule has 30 heavy (non-hydrogen) atoms. The minimum Gasteiger partial charge on any atom is -0.406 e. The van der Waals surface area contributed by atoms with Gasteiger partial charge in [-0.1, -0.05) is 5.16 Å². The van der Waals surface area contributed by atoms with E-state index in [9.17, 15) is 26.4 Å². The van der Waals surface area contributed by atoms with Crippen molar-refractivity contribution < 1.29 is 31.2 Å². The number of aromatic nitrogens is 1. The highest BCUT2D eigenvalue weighted by Crippen LogP contribution is 2.26. The van der Waals surface area contributed by atoms with Crippen LogP contribution in [0.25, 0.3) is 0 Å². The molecule has 0 amide bonds. The number of pyridine rings is 1. The van der Waals surface area contributed by atoms with Crippen molar-refractivity contribution in [2.24, 2.45) is 5.16 Å². The largest absolute Gasteiger partial charge is 0.573 e. The van der Waals surface area contributed by atoms with Crippen molar-refractivity contribution in [1.29, 1.82) is 0 Å². The van der Waals surface area contributed by atoms with Gasteiger partial charge in [0.15, 0.2) is 5.43 Å². The van der Waals surface area contributed by atoms with Crippen LogP contribution in [0.15, 0.2) is 57.6 Å². The average molecular weight is 445 g/mol. The van der Waals surface area contributed by atoms with E-state index in [1.54, 1.807) is 0 Å². The summed E-state index contributed by atoms with van der Waals surface area (Å²) in [6, 6.07) is 5.42.